The maximum absolute atomic E-state index is 13.4. The van der Waals surface area contributed by atoms with E-state index in [0.717, 1.165) is 30.3 Å². The second kappa shape index (κ2) is 8.78. The zero-order chi connectivity index (χ0) is 24.6. The van der Waals surface area contributed by atoms with Crippen LogP contribution in [0.15, 0.2) is 36.1 Å². The summed E-state index contributed by atoms with van der Waals surface area (Å²) in [5.41, 5.74) is -0.921. The Bertz CT molecular complexity index is 814. The topological polar surface area (TPSA) is 18.5 Å². The van der Waals surface area contributed by atoms with E-state index in [1.54, 1.807) is 0 Å². The molecule has 0 bridgehead atoms. The zero-order valence-electron chi connectivity index (χ0n) is 15.3. The summed E-state index contributed by atoms with van der Waals surface area (Å²) >= 11 is -1.53. The zero-order valence-corrected chi connectivity index (χ0v) is 16.2. The van der Waals surface area contributed by atoms with Crippen LogP contribution in [0.2, 0.25) is 0 Å². The van der Waals surface area contributed by atoms with Crippen molar-refractivity contribution in [2.24, 2.45) is 0 Å². The van der Waals surface area contributed by atoms with Gasteiger partial charge in [-0.2, -0.15) is 52.7 Å². The van der Waals surface area contributed by atoms with Gasteiger partial charge in [-0.3, -0.25) is 0 Å². The summed E-state index contributed by atoms with van der Waals surface area (Å²) in [7, 11) is 0. The fourth-order valence-electron chi connectivity index (χ4n) is 2.40. The standard InChI is InChI=1S/C17H12F12O2S/c18-13(19,20)9-1-3-10(4-2-9)30-11-5-7-12(8-6-11)31-32-17(28,29)15(23,24)14(21,22)16(25,26)27/h1-4,7,11H,5-6,8H2. The molecule has 0 spiro atoms. The molecule has 182 valence electrons. The first-order chi connectivity index (χ1) is 14.4. The van der Waals surface area contributed by atoms with Crippen LogP contribution in [0.5, 0.6) is 5.75 Å². The summed E-state index contributed by atoms with van der Waals surface area (Å²) in [4.78, 5) is 0. The first kappa shape index (κ1) is 26.3. The van der Waals surface area contributed by atoms with Crippen molar-refractivity contribution in [3.8, 4) is 5.75 Å². The average molecular weight is 508 g/mol. The molecule has 0 amide bonds. The number of ether oxygens (including phenoxy) is 1. The molecule has 0 heterocycles. The maximum atomic E-state index is 13.4. The lowest BCUT2D eigenvalue weighted by Crippen LogP contribution is -2.59. The lowest BCUT2D eigenvalue weighted by molar-refractivity contribution is -0.381. The lowest BCUT2D eigenvalue weighted by Gasteiger charge is -2.32. The molecule has 0 saturated heterocycles. The normalized spacial score (nSPS) is 18.9. The van der Waals surface area contributed by atoms with Crippen LogP contribution in [0, 0.1) is 0 Å². The highest BCUT2D eigenvalue weighted by Gasteiger charge is 2.82. The Balaban J connectivity index is 1.95. The van der Waals surface area contributed by atoms with E-state index in [0.29, 0.717) is 0 Å². The van der Waals surface area contributed by atoms with Gasteiger partial charge in [-0.15, -0.1) is 0 Å². The molecule has 0 saturated carbocycles. The smallest absolute Gasteiger partial charge is 0.460 e. The van der Waals surface area contributed by atoms with Crippen molar-refractivity contribution in [3.05, 3.63) is 41.7 Å². The van der Waals surface area contributed by atoms with Gasteiger partial charge in [-0.1, -0.05) is 0 Å². The van der Waals surface area contributed by atoms with Gasteiger partial charge in [0.05, 0.1) is 5.56 Å². The third-order valence-corrected chi connectivity index (χ3v) is 4.94. The number of allylic oxidation sites excluding steroid dienone is 1. The van der Waals surface area contributed by atoms with E-state index in [9.17, 15) is 52.7 Å². The highest BCUT2D eigenvalue weighted by molar-refractivity contribution is 7.95. The molecule has 2 nitrogen and oxygen atoms in total. The first-order valence-electron chi connectivity index (χ1n) is 8.47. The third-order valence-electron chi connectivity index (χ3n) is 4.17. The number of benzene rings is 1. The molecule has 1 aliphatic carbocycles. The van der Waals surface area contributed by atoms with Crippen LogP contribution >= 0.6 is 12.0 Å². The second-order valence-electron chi connectivity index (χ2n) is 6.54. The molecule has 0 radical (unpaired) electrons. The summed E-state index contributed by atoms with van der Waals surface area (Å²) in [6, 6.07) is 3.60. The molecule has 2 rings (SSSR count). The van der Waals surface area contributed by atoms with Gasteiger partial charge in [0.2, 0.25) is 0 Å². The van der Waals surface area contributed by atoms with Crippen LogP contribution in [-0.2, 0) is 10.4 Å². The Hall–Kier alpha value is -1.93. The molecule has 1 aliphatic rings. The van der Waals surface area contributed by atoms with Gasteiger partial charge < -0.3 is 8.92 Å². The maximum Gasteiger partial charge on any atom is 0.460 e. The monoisotopic (exact) mass is 508 g/mol. The minimum absolute atomic E-state index is 0.00803. The molecule has 15 heteroatoms. The van der Waals surface area contributed by atoms with E-state index < -0.39 is 58.9 Å². The summed E-state index contributed by atoms with van der Waals surface area (Å²) in [6.07, 6.45) is -11.4. The number of halogens is 12. The Morgan fingerprint density at radius 3 is 1.78 bits per heavy atom. The van der Waals surface area contributed by atoms with Crippen molar-refractivity contribution in [2.75, 3.05) is 0 Å². The summed E-state index contributed by atoms with van der Waals surface area (Å²) < 4.78 is 162. The highest BCUT2D eigenvalue weighted by atomic mass is 32.2. The van der Waals surface area contributed by atoms with Crippen LogP contribution in [0.4, 0.5) is 52.7 Å². The molecule has 1 aromatic carbocycles. The fourth-order valence-corrected chi connectivity index (χ4v) is 3.00. The highest BCUT2D eigenvalue weighted by Crippen LogP contribution is 2.57. The fraction of sp³-hybridized carbons (Fsp3) is 0.529. The van der Waals surface area contributed by atoms with Gasteiger partial charge >= 0.3 is 29.5 Å². The first-order valence-corrected chi connectivity index (χ1v) is 9.21. The predicted molar refractivity (Wildman–Crippen MR) is 87.4 cm³/mol. The third kappa shape index (κ3) is 5.52. The number of hydrogen-bond donors (Lipinski definition) is 0. The van der Waals surface area contributed by atoms with Gasteiger partial charge in [0, 0.05) is 12.8 Å². The lowest BCUT2D eigenvalue weighted by atomic mass is 10.0. The molecular weight excluding hydrogens is 496 g/mol. The summed E-state index contributed by atoms with van der Waals surface area (Å²) in [5.74, 6) is -14.2. The van der Waals surface area contributed by atoms with E-state index in [-0.39, 0.29) is 25.0 Å². The largest absolute Gasteiger partial charge is 0.490 e. The van der Waals surface area contributed by atoms with Crippen molar-refractivity contribution in [1.82, 2.24) is 0 Å². The van der Waals surface area contributed by atoms with Crippen molar-refractivity contribution >= 4 is 12.0 Å². The summed E-state index contributed by atoms with van der Waals surface area (Å²) in [6.45, 7) is 0. The Morgan fingerprint density at radius 1 is 0.781 bits per heavy atom. The van der Waals surface area contributed by atoms with Crippen molar-refractivity contribution in [3.63, 3.8) is 0 Å². The van der Waals surface area contributed by atoms with Crippen molar-refractivity contribution in [2.45, 2.75) is 54.8 Å². The number of hydrogen-bond acceptors (Lipinski definition) is 3. The minimum atomic E-state index is -7.01. The molecule has 32 heavy (non-hydrogen) atoms. The SMILES string of the molecule is FC(F)(F)c1ccc(OC2CC=C(OSC(F)(F)C(F)(F)C(F)(F)C(F)(F)F)CC2)cc1. The van der Waals surface area contributed by atoms with E-state index in [2.05, 4.69) is 4.18 Å². The quantitative estimate of drug-likeness (QED) is 0.279. The van der Waals surface area contributed by atoms with E-state index in [1.807, 2.05) is 0 Å². The van der Waals surface area contributed by atoms with Gasteiger partial charge in [-0.25, -0.2) is 0 Å². The minimum Gasteiger partial charge on any atom is -0.490 e. The van der Waals surface area contributed by atoms with Gasteiger partial charge in [-0.05, 0) is 36.8 Å². The molecule has 0 fully saturated rings. The van der Waals surface area contributed by atoms with Gasteiger partial charge in [0.25, 0.3) is 0 Å². The molecule has 1 aromatic rings. The Morgan fingerprint density at radius 2 is 1.34 bits per heavy atom. The molecule has 1 atom stereocenters. The molecule has 0 aromatic heterocycles. The van der Waals surface area contributed by atoms with E-state index in [1.165, 1.54) is 0 Å². The molecule has 0 N–H and O–H groups in total. The summed E-state index contributed by atoms with van der Waals surface area (Å²) in [5, 5.41) is -5.93. The van der Waals surface area contributed by atoms with Gasteiger partial charge in [0.1, 0.15) is 29.7 Å². The molecule has 0 aliphatic heterocycles. The molecular formula is C17H12F12O2S. The van der Waals surface area contributed by atoms with E-state index >= 15 is 0 Å². The van der Waals surface area contributed by atoms with E-state index in [4.69, 9.17) is 4.74 Å². The molecule has 1 unspecified atom stereocenters. The van der Waals surface area contributed by atoms with Crippen LogP contribution in [0.3, 0.4) is 0 Å². The van der Waals surface area contributed by atoms with Crippen LogP contribution in [-0.4, -0.2) is 29.4 Å². The number of rotatable bonds is 7. The van der Waals surface area contributed by atoms with Crippen LogP contribution in [0.1, 0.15) is 24.8 Å². The van der Waals surface area contributed by atoms with Crippen molar-refractivity contribution < 1.29 is 61.6 Å². The predicted octanol–water partition coefficient (Wildman–Crippen LogP) is 7.61. The number of alkyl halides is 12. The van der Waals surface area contributed by atoms with Crippen molar-refractivity contribution in [1.29, 1.82) is 0 Å². The average Bonchev–Trinajstić information content (AvgIpc) is 2.66. The van der Waals surface area contributed by atoms with Gasteiger partial charge in [0.15, 0.2) is 0 Å². The second-order valence-corrected chi connectivity index (χ2v) is 7.38. The Kier molecular flexibility index (Phi) is 7.22. The van der Waals surface area contributed by atoms with Crippen LogP contribution < -0.4 is 4.74 Å². The Labute approximate surface area is 176 Å². The van der Waals surface area contributed by atoms with Crippen LogP contribution in [0.25, 0.3) is 0 Å².